The molecule has 2 aromatic heterocycles. The maximum Gasteiger partial charge on any atom is 0.269 e. The zero-order chi connectivity index (χ0) is 24.2. The molecule has 6 nitrogen and oxygen atoms in total. The van der Waals surface area contributed by atoms with E-state index in [0.29, 0.717) is 5.82 Å². The number of piperidine rings is 1. The first-order valence-electron chi connectivity index (χ1n) is 12.0. The van der Waals surface area contributed by atoms with E-state index in [1.807, 2.05) is 58.9 Å². The van der Waals surface area contributed by atoms with Gasteiger partial charge >= 0.3 is 0 Å². The Balaban J connectivity index is 1.36. The largest absolute Gasteiger partial charge is 0.497 e. The van der Waals surface area contributed by atoms with E-state index in [-0.39, 0.29) is 11.9 Å². The zero-order valence-electron chi connectivity index (χ0n) is 20.1. The molecule has 1 aliphatic heterocycles. The van der Waals surface area contributed by atoms with Crippen LogP contribution in [-0.2, 0) is 6.54 Å². The molecule has 180 valence electrons. The number of nitrogens with zero attached hydrogens (tertiary/aromatic N) is 4. The van der Waals surface area contributed by atoms with E-state index in [2.05, 4.69) is 36.1 Å². The Morgan fingerprint density at radius 2 is 1.91 bits per heavy atom. The number of aryl methyl sites for hydroxylation is 1. The molecule has 4 aromatic rings. The van der Waals surface area contributed by atoms with Crippen molar-refractivity contribution in [2.45, 2.75) is 32.4 Å². The van der Waals surface area contributed by atoms with Crippen LogP contribution in [0.2, 0.25) is 0 Å². The minimum absolute atomic E-state index is 0.0213. The number of anilines is 1. The van der Waals surface area contributed by atoms with Crippen LogP contribution in [0.3, 0.4) is 0 Å². The number of ether oxygens (including phenoxy) is 1. The number of benzene rings is 2. The van der Waals surface area contributed by atoms with Gasteiger partial charge in [0.2, 0.25) is 0 Å². The minimum atomic E-state index is 0.0213. The highest BCUT2D eigenvalue weighted by atomic mass is 32.1. The Kier molecular flexibility index (Phi) is 6.97. The number of hydrogen-bond acceptors (Lipinski definition) is 5. The summed E-state index contributed by atoms with van der Waals surface area (Å²) < 4.78 is 7.17. The SMILES string of the molecule is COc1cccc(-n2ccc(N(C(=O)c3cccs3)C3CCN(Cc4cccc(C)c4)CC3)n2)c1. The molecule has 1 aliphatic rings. The number of thiophene rings is 1. The maximum absolute atomic E-state index is 13.6. The summed E-state index contributed by atoms with van der Waals surface area (Å²) in [6.45, 7) is 4.97. The Labute approximate surface area is 210 Å². The van der Waals surface area contributed by atoms with Gasteiger partial charge in [0.25, 0.3) is 5.91 Å². The van der Waals surface area contributed by atoms with Gasteiger partial charge in [0.15, 0.2) is 5.82 Å². The highest BCUT2D eigenvalue weighted by Crippen LogP contribution is 2.28. The summed E-state index contributed by atoms with van der Waals surface area (Å²) in [5.74, 6) is 1.48. The van der Waals surface area contributed by atoms with Crippen LogP contribution in [0.1, 0.15) is 33.6 Å². The molecule has 0 spiro atoms. The van der Waals surface area contributed by atoms with Crippen molar-refractivity contribution in [1.82, 2.24) is 14.7 Å². The summed E-state index contributed by atoms with van der Waals surface area (Å²) in [6.07, 6.45) is 3.73. The van der Waals surface area contributed by atoms with E-state index in [1.165, 1.54) is 22.5 Å². The molecule has 0 atom stereocenters. The van der Waals surface area contributed by atoms with E-state index in [1.54, 1.807) is 11.8 Å². The molecule has 0 saturated carbocycles. The quantitative estimate of drug-likeness (QED) is 0.343. The molecule has 0 N–H and O–H groups in total. The molecule has 1 fully saturated rings. The van der Waals surface area contributed by atoms with Gasteiger partial charge in [-0.25, -0.2) is 4.68 Å². The molecule has 0 bridgehead atoms. The number of rotatable bonds is 7. The van der Waals surface area contributed by atoms with Crippen molar-refractivity contribution >= 4 is 23.1 Å². The van der Waals surface area contributed by atoms with Crippen molar-refractivity contribution < 1.29 is 9.53 Å². The van der Waals surface area contributed by atoms with Crippen LogP contribution in [0, 0.1) is 6.92 Å². The second kappa shape index (κ2) is 10.5. The fourth-order valence-corrected chi connectivity index (χ4v) is 5.38. The highest BCUT2D eigenvalue weighted by molar-refractivity contribution is 7.12. The first-order valence-corrected chi connectivity index (χ1v) is 12.8. The minimum Gasteiger partial charge on any atom is -0.497 e. The van der Waals surface area contributed by atoms with Gasteiger partial charge in [-0.3, -0.25) is 14.6 Å². The van der Waals surface area contributed by atoms with Crippen LogP contribution in [0.4, 0.5) is 5.82 Å². The molecule has 0 unspecified atom stereocenters. The van der Waals surface area contributed by atoms with Gasteiger partial charge in [0.1, 0.15) is 5.75 Å². The summed E-state index contributed by atoms with van der Waals surface area (Å²) in [5.41, 5.74) is 3.52. The first kappa shape index (κ1) is 23.3. The van der Waals surface area contributed by atoms with E-state index in [4.69, 9.17) is 9.84 Å². The van der Waals surface area contributed by atoms with Crippen LogP contribution >= 0.6 is 11.3 Å². The van der Waals surface area contributed by atoms with Crippen LogP contribution in [0.15, 0.2) is 78.3 Å². The van der Waals surface area contributed by atoms with Crippen molar-refractivity contribution in [3.8, 4) is 11.4 Å². The lowest BCUT2D eigenvalue weighted by atomic mass is 10.0. The van der Waals surface area contributed by atoms with E-state index >= 15 is 0 Å². The summed E-state index contributed by atoms with van der Waals surface area (Å²) in [7, 11) is 1.65. The van der Waals surface area contributed by atoms with Gasteiger partial charge in [-0.1, -0.05) is 42.0 Å². The fourth-order valence-electron chi connectivity index (χ4n) is 4.72. The number of amides is 1. The molecular formula is C28H30N4O2S. The van der Waals surface area contributed by atoms with E-state index < -0.39 is 0 Å². The number of carbonyl (C=O) groups is 1. The molecule has 0 radical (unpaired) electrons. The summed E-state index contributed by atoms with van der Waals surface area (Å²) in [4.78, 5) is 18.7. The number of methoxy groups -OCH3 is 1. The zero-order valence-corrected chi connectivity index (χ0v) is 20.9. The standard InChI is InChI=1S/C28H30N4O2S/c1-21-6-3-7-22(18-21)20-30-14-11-23(12-15-30)32(28(33)26-10-5-17-35-26)27-13-16-31(29-27)24-8-4-9-25(19-24)34-2/h3-10,13,16-19,23H,11-12,14-15,20H2,1-2H3. The lowest BCUT2D eigenvalue weighted by molar-refractivity contribution is 0.0961. The second-order valence-corrected chi connectivity index (χ2v) is 9.92. The van der Waals surface area contributed by atoms with E-state index in [0.717, 1.165) is 48.8 Å². The van der Waals surface area contributed by atoms with Gasteiger partial charge in [-0.15, -0.1) is 16.4 Å². The van der Waals surface area contributed by atoms with Crippen LogP contribution in [0.25, 0.3) is 5.69 Å². The third kappa shape index (κ3) is 5.31. The molecule has 0 aliphatic carbocycles. The van der Waals surface area contributed by atoms with Crippen LogP contribution < -0.4 is 9.64 Å². The first-order chi connectivity index (χ1) is 17.1. The van der Waals surface area contributed by atoms with Gasteiger partial charge < -0.3 is 4.74 Å². The molecule has 35 heavy (non-hydrogen) atoms. The lowest BCUT2D eigenvalue weighted by Crippen LogP contribution is -2.47. The Hall–Kier alpha value is -3.42. The predicted octanol–water partition coefficient (Wildman–Crippen LogP) is 5.56. The van der Waals surface area contributed by atoms with Crippen LogP contribution in [-0.4, -0.2) is 46.8 Å². The van der Waals surface area contributed by atoms with Crippen LogP contribution in [0.5, 0.6) is 5.75 Å². The molecule has 5 rings (SSSR count). The monoisotopic (exact) mass is 486 g/mol. The Morgan fingerprint density at radius 3 is 2.66 bits per heavy atom. The van der Waals surface area contributed by atoms with Gasteiger partial charge in [-0.2, -0.15) is 0 Å². The van der Waals surface area contributed by atoms with Gasteiger partial charge in [0.05, 0.1) is 17.7 Å². The van der Waals surface area contributed by atoms with Gasteiger partial charge in [-0.05, 0) is 48.9 Å². The molecular weight excluding hydrogens is 456 g/mol. The summed E-state index contributed by atoms with van der Waals surface area (Å²) in [5, 5.41) is 6.77. The predicted molar refractivity (Wildman–Crippen MR) is 141 cm³/mol. The summed E-state index contributed by atoms with van der Waals surface area (Å²) >= 11 is 1.48. The molecule has 3 heterocycles. The Bertz CT molecular complexity index is 1280. The topological polar surface area (TPSA) is 50.6 Å². The van der Waals surface area contributed by atoms with Crippen molar-refractivity contribution in [1.29, 1.82) is 0 Å². The smallest absolute Gasteiger partial charge is 0.269 e. The van der Waals surface area contributed by atoms with Crippen molar-refractivity contribution in [3.05, 3.63) is 94.3 Å². The third-order valence-electron chi connectivity index (χ3n) is 6.50. The van der Waals surface area contributed by atoms with Gasteiger partial charge in [0, 0.05) is 44.0 Å². The maximum atomic E-state index is 13.6. The summed E-state index contributed by atoms with van der Waals surface area (Å²) in [6, 6.07) is 22.3. The van der Waals surface area contributed by atoms with Crippen molar-refractivity contribution in [2.24, 2.45) is 0 Å². The number of likely N-dealkylation sites (tertiary alicyclic amines) is 1. The fraction of sp³-hybridized carbons (Fsp3) is 0.286. The number of aromatic nitrogens is 2. The average Bonchev–Trinajstić information content (AvgIpc) is 3.58. The molecule has 1 amide bonds. The van der Waals surface area contributed by atoms with E-state index in [9.17, 15) is 4.79 Å². The van der Waals surface area contributed by atoms with Crippen molar-refractivity contribution in [2.75, 3.05) is 25.1 Å². The lowest BCUT2D eigenvalue weighted by Gasteiger charge is -2.37. The number of hydrogen-bond donors (Lipinski definition) is 0. The van der Waals surface area contributed by atoms with Crippen molar-refractivity contribution in [3.63, 3.8) is 0 Å². The number of carbonyl (C=O) groups excluding carboxylic acids is 1. The Morgan fingerprint density at radius 1 is 1.09 bits per heavy atom. The molecule has 7 heteroatoms. The molecule has 1 saturated heterocycles. The molecule has 2 aromatic carbocycles. The normalized spacial score (nSPS) is 14.7. The third-order valence-corrected chi connectivity index (χ3v) is 7.36. The second-order valence-electron chi connectivity index (χ2n) is 8.97. The average molecular weight is 487 g/mol. The highest BCUT2D eigenvalue weighted by Gasteiger charge is 2.31.